The number of aryl methyl sites for hydroxylation is 2. The van der Waals surface area contributed by atoms with Crippen molar-refractivity contribution in [2.45, 2.75) is 38.8 Å². The molecule has 1 aliphatic heterocycles. The fourth-order valence-corrected chi connectivity index (χ4v) is 4.49. The van der Waals surface area contributed by atoms with Gasteiger partial charge in [-0.05, 0) is 78.9 Å². The number of carbonyl (C=O) groups is 1. The van der Waals surface area contributed by atoms with Crippen molar-refractivity contribution in [2.75, 3.05) is 19.0 Å². The number of benzene rings is 2. The number of pyridine rings is 1. The summed E-state index contributed by atoms with van der Waals surface area (Å²) in [6, 6.07) is 17.3. The number of aromatic nitrogens is 1. The third-order valence-corrected chi connectivity index (χ3v) is 6.38. The molecule has 1 aliphatic rings. The molecule has 0 amide bonds. The maximum atomic E-state index is 11.5. The van der Waals surface area contributed by atoms with Crippen LogP contribution in [0.3, 0.4) is 0 Å². The molecular weight excluding hydrogens is 386 g/mol. The van der Waals surface area contributed by atoms with Crippen LogP contribution in [0.5, 0.6) is 0 Å². The van der Waals surface area contributed by atoms with Crippen molar-refractivity contribution in [2.24, 2.45) is 0 Å². The highest BCUT2D eigenvalue weighted by Gasteiger charge is 2.28. The van der Waals surface area contributed by atoms with E-state index in [1.54, 1.807) is 12.3 Å². The summed E-state index contributed by atoms with van der Waals surface area (Å²) in [6.07, 6.45) is 5.82. The molecule has 1 atom stereocenters. The molecule has 5 heteroatoms. The van der Waals surface area contributed by atoms with E-state index in [-0.39, 0.29) is 6.04 Å². The minimum Gasteiger partial charge on any atom is -0.478 e. The van der Waals surface area contributed by atoms with Gasteiger partial charge in [-0.2, -0.15) is 0 Å². The maximum absolute atomic E-state index is 11.5. The van der Waals surface area contributed by atoms with Gasteiger partial charge in [0.1, 0.15) is 0 Å². The third-order valence-electron chi connectivity index (χ3n) is 6.38. The zero-order valence-corrected chi connectivity index (χ0v) is 18.4. The fraction of sp³-hybridized carbons (Fsp3) is 0.308. The average Bonchev–Trinajstić information content (AvgIpc) is 3.11. The standard InChI is InChI=1S/C26H29N3O2/c1-4-18-5-8-21(9-6-18)29(3)22-10-11-23-20(15-22)17-28(2)25(23)12-7-19-16-27-14-13-24(19)26(30)31/h5-6,8-11,13-16,25H,4,7,12,17H2,1-3H3,(H,30,31)/t25-/m1/s1. The molecule has 0 radical (unpaired) electrons. The van der Waals surface area contributed by atoms with Gasteiger partial charge in [-0.25, -0.2) is 4.79 Å². The molecule has 31 heavy (non-hydrogen) atoms. The van der Waals surface area contributed by atoms with Gasteiger partial charge < -0.3 is 10.0 Å². The Bertz CT molecular complexity index is 1080. The Labute approximate surface area is 184 Å². The van der Waals surface area contributed by atoms with Crippen LogP contribution in [0.15, 0.2) is 60.9 Å². The van der Waals surface area contributed by atoms with Crippen LogP contribution in [-0.2, 0) is 19.4 Å². The van der Waals surface area contributed by atoms with Gasteiger partial charge in [-0.15, -0.1) is 0 Å². The van der Waals surface area contributed by atoms with Crippen LogP contribution >= 0.6 is 0 Å². The topological polar surface area (TPSA) is 56.7 Å². The van der Waals surface area contributed by atoms with Crippen molar-refractivity contribution in [3.8, 4) is 0 Å². The lowest BCUT2D eigenvalue weighted by molar-refractivity contribution is 0.0695. The van der Waals surface area contributed by atoms with E-state index in [1.165, 1.54) is 34.3 Å². The highest BCUT2D eigenvalue weighted by atomic mass is 16.4. The monoisotopic (exact) mass is 415 g/mol. The largest absolute Gasteiger partial charge is 0.478 e. The second-order valence-electron chi connectivity index (χ2n) is 8.27. The zero-order chi connectivity index (χ0) is 22.0. The number of carboxylic acid groups (broad SMARTS) is 1. The Morgan fingerprint density at radius 2 is 1.90 bits per heavy atom. The summed E-state index contributed by atoms with van der Waals surface area (Å²) < 4.78 is 0. The van der Waals surface area contributed by atoms with Crippen LogP contribution in [-0.4, -0.2) is 35.1 Å². The van der Waals surface area contributed by atoms with Crippen LogP contribution in [0.2, 0.25) is 0 Å². The zero-order valence-electron chi connectivity index (χ0n) is 18.4. The first-order chi connectivity index (χ1) is 15.0. The molecule has 0 unspecified atom stereocenters. The van der Waals surface area contributed by atoms with Crippen molar-refractivity contribution < 1.29 is 9.90 Å². The van der Waals surface area contributed by atoms with Gasteiger partial charge in [0, 0.05) is 43.4 Å². The molecule has 2 aromatic carbocycles. The summed E-state index contributed by atoms with van der Waals surface area (Å²) in [5.74, 6) is -0.891. The average molecular weight is 416 g/mol. The molecule has 4 rings (SSSR count). The number of hydrogen-bond donors (Lipinski definition) is 1. The summed E-state index contributed by atoms with van der Waals surface area (Å²) in [4.78, 5) is 20.2. The molecule has 0 spiro atoms. The molecule has 0 bridgehead atoms. The number of aromatic carboxylic acids is 1. The van der Waals surface area contributed by atoms with E-state index in [4.69, 9.17) is 0 Å². The number of nitrogens with zero attached hydrogens (tertiary/aromatic N) is 3. The normalized spacial score (nSPS) is 15.6. The Morgan fingerprint density at radius 1 is 1.16 bits per heavy atom. The van der Waals surface area contributed by atoms with Gasteiger partial charge in [0.05, 0.1) is 5.56 Å². The number of hydrogen-bond acceptors (Lipinski definition) is 4. The van der Waals surface area contributed by atoms with Gasteiger partial charge >= 0.3 is 5.97 Å². The van der Waals surface area contributed by atoms with Crippen molar-refractivity contribution >= 4 is 17.3 Å². The maximum Gasteiger partial charge on any atom is 0.336 e. The lowest BCUT2D eigenvalue weighted by atomic mass is 9.96. The third kappa shape index (κ3) is 4.32. The van der Waals surface area contributed by atoms with E-state index < -0.39 is 5.97 Å². The summed E-state index contributed by atoms with van der Waals surface area (Å²) in [6.45, 7) is 3.07. The fourth-order valence-electron chi connectivity index (χ4n) is 4.49. The van der Waals surface area contributed by atoms with E-state index in [9.17, 15) is 9.90 Å². The quantitative estimate of drug-likeness (QED) is 0.573. The van der Waals surface area contributed by atoms with Crippen molar-refractivity contribution in [3.63, 3.8) is 0 Å². The molecule has 0 saturated carbocycles. The molecule has 2 heterocycles. The van der Waals surface area contributed by atoms with Gasteiger partial charge in [0.25, 0.3) is 0 Å². The van der Waals surface area contributed by atoms with Crippen LogP contribution in [0, 0.1) is 0 Å². The first kappa shape index (κ1) is 21.1. The SMILES string of the molecule is CCc1ccc(N(C)c2ccc3c(c2)CN(C)[C@@H]3CCc2cnccc2C(=O)O)cc1. The molecule has 5 nitrogen and oxygen atoms in total. The smallest absolute Gasteiger partial charge is 0.336 e. The second-order valence-corrected chi connectivity index (χ2v) is 8.27. The minimum absolute atomic E-state index is 0.278. The van der Waals surface area contributed by atoms with Crippen molar-refractivity contribution in [1.82, 2.24) is 9.88 Å². The van der Waals surface area contributed by atoms with E-state index in [0.717, 1.165) is 24.9 Å². The molecular formula is C26H29N3O2. The van der Waals surface area contributed by atoms with E-state index in [0.29, 0.717) is 12.0 Å². The predicted octanol–water partition coefficient (Wildman–Crippen LogP) is 5.23. The Balaban J connectivity index is 1.52. The molecule has 1 aromatic heterocycles. The number of carboxylic acids is 1. The van der Waals surface area contributed by atoms with Crippen LogP contribution in [0.25, 0.3) is 0 Å². The molecule has 3 aromatic rings. The predicted molar refractivity (Wildman–Crippen MR) is 124 cm³/mol. The highest BCUT2D eigenvalue weighted by Crippen LogP contribution is 2.38. The highest BCUT2D eigenvalue weighted by molar-refractivity contribution is 5.89. The molecule has 160 valence electrons. The lowest BCUT2D eigenvalue weighted by Crippen LogP contribution is -2.17. The Kier molecular flexibility index (Phi) is 6.05. The van der Waals surface area contributed by atoms with Crippen LogP contribution < -0.4 is 4.90 Å². The van der Waals surface area contributed by atoms with Gasteiger partial charge in [-0.1, -0.05) is 25.1 Å². The summed E-state index contributed by atoms with van der Waals surface area (Å²) >= 11 is 0. The molecule has 1 N–H and O–H groups in total. The summed E-state index contributed by atoms with van der Waals surface area (Å²) in [7, 11) is 4.24. The molecule has 0 fully saturated rings. The number of anilines is 2. The molecule has 0 aliphatic carbocycles. The van der Waals surface area contributed by atoms with Gasteiger partial charge in [-0.3, -0.25) is 9.88 Å². The Morgan fingerprint density at radius 3 is 2.61 bits per heavy atom. The van der Waals surface area contributed by atoms with E-state index >= 15 is 0 Å². The lowest BCUT2D eigenvalue weighted by Gasteiger charge is -2.22. The van der Waals surface area contributed by atoms with E-state index in [2.05, 4.69) is 78.3 Å². The van der Waals surface area contributed by atoms with Gasteiger partial charge in [0.15, 0.2) is 0 Å². The second kappa shape index (κ2) is 8.90. The summed E-state index contributed by atoms with van der Waals surface area (Å²) in [5, 5.41) is 9.43. The minimum atomic E-state index is -0.891. The van der Waals surface area contributed by atoms with Crippen LogP contribution in [0.4, 0.5) is 11.4 Å². The van der Waals surface area contributed by atoms with Crippen LogP contribution in [0.1, 0.15) is 52.0 Å². The van der Waals surface area contributed by atoms with Crippen molar-refractivity contribution in [1.29, 1.82) is 0 Å². The van der Waals surface area contributed by atoms with E-state index in [1.807, 2.05) is 0 Å². The van der Waals surface area contributed by atoms with Crippen molar-refractivity contribution in [3.05, 3.63) is 88.7 Å². The first-order valence-electron chi connectivity index (χ1n) is 10.8. The number of rotatable bonds is 7. The Hall–Kier alpha value is -3.18. The molecule has 0 saturated heterocycles. The number of fused-ring (bicyclic) bond motifs is 1. The first-order valence-corrected chi connectivity index (χ1v) is 10.8. The summed E-state index contributed by atoms with van der Waals surface area (Å²) in [5.41, 5.74) is 7.52. The van der Waals surface area contributed by atoms with Gasteiger partial charge in [0.2, 0.25) is 0 Å².